The van der Waals surface area contributed by atoms with Crippen molar-refractivity contribution in [2.24, 2.45) is 17.3 Å². The van der Waals surface area contributed by atoms with Crippen LogP contribution in [0.2, 0.25) is 0 Å². The number of nitrogens with zero attached hydrogens (tertiary/aromatic N) is 5. The van der Waals surface area contributed by atoms with E-state index in [-0.39, 0.29) is 49.0 Å². The van der Waals surface area contributed by atoms with E-state index < -0.39 is 41.2 Å². The zero-order valence-electron chi connectivity index (χ0n) is 38.8. The molecule has 348 valence electrons. The minimum Gasteiger partial charge on any atom is -0.508 e. The van der Waals surface area contributed by atoms with E-state index in [1.165, 1.54) is 23.3 Å². The number of fused-ring (bicyclic) bond motifs is 6. The van der Waals surface area contributed by atoms with Gasteiger partial charge in [0, 0.05) is 68.1 Å². The van der Waals surface area contributed by atoms with Crippen LogP contribution >= 0.6 is 0 Å². The molecular weight excluding hydrogens is 830 g/mol. The van der Waals surface area contributed by atoms with Crippen molar-refractivity contribution in [1.29, 1.82) is 0 Å². The molecule has 3 aliphatic rings. The van der Waals surface area contributed by atoms with Crippen molar-refractivity contribution in [3.05, 3.63) is 84.0 Å². The van der Waals surface area contributed by atoms with Gasteiger partial charge in [0.15, 0.2) is 0 Å². The van der Waals surface area contributed by atoms with Gasteiger partial charge in [-0.3, -0.25) is 34.1 Å². The summed E-state index contributed by atoms with van der Waals surface area (Å²) in [6.45, 7) is 16.5. The van der Waals surface area contributed by atoms with Crippen LogP contribution in [-0.4, -0.2) is 118 Å². The van der Waals surface area contributed by atoms with Gasteiger partial charge in [0.2, 0.25) is 11.8 Å². The zero-order chi connectivity index (χ0) is 46.7. The maximum Gasteiger partial charge on any atom is 0.324 e. The van der Waals surface area contributed by atoms with Crippen LogP contribution in [-0.2, 0) is 54.6 Å². The molecule has 0 unspecified atom stereocenters. The van der Waals surface area contributed by atoms with E-state index in [1.807, 2.05) is 64.8 Å². The summed E-state index contributed by atoms with van der Waals surface area (Å²) in [7, 11) is 3.47. The first-order valence-electron chi connectivity index (χ1n) is 22.8. The van der Waals surface area contributed by atoms with Crippen LogP contribution in [0, 0.1) is 23.1 Å². The molecule has 65 heavy (non-hydrogen) atoms. The highest BCUT2D eigenvalue weighted by Crippen LogP contribution is 2.41. The third kappa shape index (κ3) is 10.4. The Balaban J connectivity index is 1.30. The molecule has 5 heterocycles. The number of aromatic nitrogens is 2. The van der Waals surface area contributed by atoms with E-state index in [0.717, 1.165) is 34.1 Å². The van der Waals surface area contributed by atoms with Crippen LogP contribution in [0.25, 0.3) is 33.3 Å². The van der Waals surface area contributed by atoms with Crippen LogP contribution in [0.15, 0.2) is 61.3 Å². The molecule has 2 saturated heterocycles. The number of carbonyl (C=O) groups is 4. The van der Waals surface area contributed by atoms with Crippen molar-refractivity contribution < 1.29 is 38.1 Å². The number of cyclic esters (lactones) is 1. The molecule has 3 aliphatic heterocycles. The number of amides is 3. The number of carbonyl (C=O) groups excluding carboxylic acids is 4. The van der Waals surface area contributed by atoms with Gasteiger partial charge >= 0.3 is 5.97 Å². The quantitative estimate of drug-likeness (QED) is 0.120. The minimum absolute atomic E-state index is 0.00742. The third-order valence-corrected chi connectivity index (χ3v) is 13.0. The van der Waals surface area contributed by atoms with Gasteiger partial charge in [-0.15, -0.1) is 0 Å². The Morgan fingerprint density at radius 2 is 1.92 bits per heavy atom. The highest BCUT2D eigenvalue weighted by molar-refractivity contribution is 5.96. The van der Waals surface area contributed by atoms with Crippen LogP contribution < -0.4 is 10.7 Å². The number of hydrazine groups is 1. The topological polar surface area (TPSA) is 159 Å². The number of phenols is 1. The van der Waals surface area contributed by atoms with Gasteiger partial charge in [-0.25, -0.2) is 9.82 Å². The summed E-state index contributed by atoms with van der Waals surface area (Å²) < 4.78 is 28.9. The predicted octanol–water partition coefficient (Wildman–Crippen LogP) is 6.02. The normalized spacial score (nSPS) is 20.8. The number of methoxy groups -OCH3 is 1. The lowest BCUT2D eigenvalue weighted by atomic mass is 9.84. The Kier molecular flexibility index (Phi) is 14.5. The average Bonchev–Trinajstić information content (AvgIpc) is 3.86. The number of nitrogens with one attached hydrogen (secondary N) is 2. The molecule has 3 amide bonds. The number of benzene rings is 2. The fourth-order valence-corrected chi connectivity index (χ4v) is 10.0. The first-order chi connectivity index (χ1) is 31.0. The molecule has 2 aromatic heterocycles. The number of hydrogen-bond acceptors (Lipinski definition) is 10. The maximum atomic E-state index is 15.1. The van der Waals surface area contributed by atoms with Crippen LogP contribution in [0.1, 0.15) is 70.7 Å². The molecule has 0 radical (unpaired) electrons. The Morgan fingerprint density at radius 3 is 2.65 bits per heavy atom. The lowest BCUT2D eigenvalue weighted by molar-refractivity contribution is -0.155. The summed E-state index contributed by atoms with van der Waals surface area (Å²) >= 11 is 0. The van der Waals surface area contributed by atoms with E-state index in [0.29, 0.717) is 74.4 Å². The summed E-state index contributed by atoms with van der Waals surface area (Å²) in [6.07, 6.45) is 4.78. The summed E-state index contributed by atoms with van der Waals surface area (Å²) in [4.78, 5) is 63.6. The van der Waals surface area contributed by atoms with E-state index in [4.69, 9.17) is 9.47 Å². The second kappa shape index (κ2) is 19.8. The van der Waals surface area contributed by atoms with E-state index in [1.54, 1.807) is 24.1 Å². The summed E-state index contributed by atoms with van der Waals surface area (Å²) in [6, 6.07) is 10.3. The number of aryl methyl sites for hydroxylation is 1. The van der Waals surface area contributed by atoms with Crippen molar-refractivity contribution in [3.63, 3.8) is 0 Å². The largest absolute Gasteiger partial charge is 0.508 e. The minimum atomic E-state index is -1.07. The molecule has 6 bridgehead atoms. The van der Waals surface area contributed by atoms with Crippen molar-refractivity contribution >= 4 is 34.6 Å². The third-order valence-electron chi connectivity index (χ3n) is 13.0. The summed E-state index contributed by atoms with van der Waals surface area (Å²) in [5.41, 5.74) is 8.46. The Morgan fingerprint density at radius 1 is 1.14 bits per heavy atom. The fraction of sp³-hybridized carbons (Fsp3) is 0.500. The molecule has 3 N–H and O–H groups in total. The lowest BCUT2D eigenvalue weighted by Gasteiger charge is -2.37. The smallest absolute Gasteiger partial charge is 0.324 e. The highest BCUT2D eigenvalue weighted by Gasteiger charge is 2.38. The Hall–Kier alpha value is -5.64. The van der Waals surface area contributed by atoms with Crippen molar-refractivity contribution in [2.75, 3.05) is 46.9 Å². The molecule has 15 heteroatoms. The van der Waals surface area contributed by atoms with E-state index in [9.17, 15) is 24.3 Å². The number of pyridine rings is 1. The molecule has 4 atom stereocenters. The second-order valence-corrected chi connectivity index (χ2v) is 19.1. The number of hydrogen-bond donors (Lipinski definition) is 3. The van der Waals surface area contributed by atoms with Crippen molar-refractivity contribution in [3.8, 4) is 28.1 Å². The first-order valence-corrected chi connectivity index (χ1v) is 22.8. The molecular formula is C50H64FN7O7. The average molecular weight is 894 g/mol. The summed E-state index contributed by atoms with van der Waals surface area (Å²) in [5.74, 6) is -1.79. The number of rotatable bonds is 11. The number of likely N-dealkylation sites (N-methyl/N-ethyl adjacent to an activating group) is 1. The van der Waals surface area contributed by atoms with Gasteiger partial charge < -0.3 is 29.4 Å². The van der Waals surface area contributed by atoms with E-state index in [2.05, 4.69) is 32.9 Å². The van der Waals surface area contributed by atoms with Gasteiger partial charge in [-0.1, -0.05) is 46.4 Å². The Labute approximate surface area is 381 Å². The lowest BCUT2D eigenvalue weighted by Crippen LogP contribution is -2.62. The number of esters is 1. The molecule has 2 fully saturated rings. The van der Waals surface area contributed by atoms with Gasteiger partial charge in [-0.05, 0) is 110 Å². The van der Waals surface area contributed by atoms with Gasteiger partial charge in [0.05, 0.1) is 36.8 Å². The fourth-order valence-electron chi connectivity index (χ4n) is 10.0. The number of likely N-dealkylation sites (tertiary alicyclic amines) is 1. The molecule has 2 aromatic carbocycles. The number of ether oxygens (including phenoxy) is 2. The van der Waals surface area contributed by atoms with Gasteiger partial charge in [-0.2, -0.15) is 0 Å². The van der Waals surface area contributed by atoms with Gasteiger partial charge in [0.25, 0.3) is 5.91 Å². The monoisotopic (exact) mass is 893 g/mol. The number of halogens is 1. The van der Waals surface area contributed by atoms with Crippen molar-refractivity contribution in [2.45, 2.75) is 98.0 Å². The highest BCUT2D eigenvalue weighted by atomic mass is 19.1. The van der Waals surface area contributed by atoms with Crippen LogP contribution in [0.3, 0.4) is 0 Å². The molecule has 14 nitrogen and oxygen atoms in total. The molecule has 7 rings (SSSR count). The number of aromatic hydroxyl groups is 1. The second-order valence-electron chi connectivity index (χ2n) is 19.1. The molecule has 4 aromatic rings. The predicted molar refractivity (Wildman–Crippen MR) is 247 cm³/mol. The van der Waals surface area contributed by atoms with E-state index >= 15 is 4.39 Å². The van der Waals surface area contributed by atoms with Gasteiger partial charge in [0.1, 0.15) is 23.7 Å². The summed E-state index contributed by atoms with van der Waals surface area (Å²) in [5, 5.41) is 16.7. The molecule has 0 saturated carbocycles. The Bertz CT molecular complexity index is 2450. The van der Waals surface area contributed by atoms with Crippen LogP contribution in [0.4, 0.5) is 4.39 Å². The maximum absolute atomic E-state index is 15.1. The zero-order valence-corrected chi connectivity index (χ0v) is 38.8. The van der Waals surface area contributed by atoms with Crippen molar-refractivity contribution in [1.82, 2.24) is 35.1 Å². The molecule has 0 spiro atoms. The SMILES string of the molecule is C=CC(=O)N1CC[C@H](CN(C)[C@H](C(=O)N[C@H]2Cc3cc(O)cc(c3)-c3ccc4c(c3)c(c(-c3cc(F)cnc3COC)n4CC)CC(C)(C)COC(=O)[C@@H]3CCCN(N3)C2=O)C(C)C)C1. The number of phenolic OH excluding ortho intramolecular Hbond substituents is 1. The van der Waals surface area contributed by atoms with Crippen LogP contribution in [0.5, 0.6) is 5.75 Å². The first kappa shape index (κ1) is 47.3. The molecule has 0 aliphatic carbocycles. The standard InChI is InChI=1S/C50H64FN7O7/c1-9-44(60)56-17-15-31(27-56)26-55(7)45(30(3)4)47(61)53-41-20-32-18-34(21-36(59)19-32)33-13-14-43-37(22-33)39(46(57(43)10-2)38-23-35(51)25-52-42(38)28-64-8)24-50(5,6)29-65-49(63)40-12-11-16-58(54-40)48(41)62/h9,13-14,18-19,21-23,25,30-31,40-41,45,54,59H,1,10-12,15-17,20,24,26-29H2,2-8H3,(H,53,61)/t31-,40+,41+,45+/m1/s1.